The van der Waals surface area contributed by atoms with Crippen LogP contribution in [0.4, 0.5) is 6.01 Å². The third kappa shape index (κ3) is 2.76. The van der Waals surface area contributed by atoms with Gasteiger partial charge in [-0.25, -0.2) is 4.79 Å². The number of carboxylic acids is 1. The van der Waals surface area contributed by atoms with E-state index in [1.54, 1.807) is 7.11 Å². The lowest BCUT2D eigenvalue weighted by Gasteiger charge is -2.31. The number of nitrogens with zero attached hydrogens (tertiary/aromatic N) is 2. The Balaban J connectivity index is 2.02. The van der Waals surface area contributed by atoms with Crippen LogP contribution in [-0.2, 0) is 4.74 Å². The summed E-state index contributed by atoms with van der Waals surface area (Å²) in [7, 11) is 1.69. The van der Waals surface area contributed by atoms with Crippen LogP contribution >= 0.6 is 0 Å². The summed E-state index contributed by atoms with van der Waals surface area (Å²) in [5.74, 6) is -0.612. The van der Waals surface area contributed by atoms with Gasteiger partial charge in [0.25, 0.3) is 6.01 Å². The second-order valence-electron chi connectivity index (χ2n) is 4.23. The Labute approximate surface area is 99.2 Å². The summed E-state index contributed by atoms with van der Waals surface area (Å²) in [6.07, 6.45) is 3.34. The van der Waals surface area contributed by atoms with E-state index in [-0.39, 0.29) is 5.69 Å². The van der Waals surface area contributed by atoms with E-state index in [4.69, 9.17) is 14.3 Å². The van der Waals surface area contributed by atoms with E-state index in [2.05, 4.69) is 4.98 Å². The molecule has 6 nitrogen and oxygen atoms in total. The van der Waals surface area contributed by atoms with Crippen LogP contribution < -0.4 is 4.90 Å². The Bertz CT molecular complexity index is 389. The van der Waals surface area contributed by atoms with E-state index in [1.165, 1.54) is 6.26 Å². The SMILES string of the molecule is COCC1CCCN(c2nc(C(=O)O)co2)C1. The summed E-state index contributed by atoms with van der Waals surface area (Å²) in [6, 6.07) is 0.392. The predicted molar refractivity (Wildman–Crippen MR) is 60.3 cm³/mol. The lowest BCUT2D eigenvalue weighted by Crippen LogP contribution is -2.37. The molecule has 0 bridgehead atoms. The fourth-order valence-corrected chi connectivity index (χ4v) is 2.12. The van der Waals surface area contributed by atoms with Crippen LogP contribution in [0.5, 0.6) is 0 Å². The summed E-state index contributed by atoms with van der Waals surface area (Å²) >= 11 is 0. The molecule has 6 heteroatoms. The third-order valence-corrected chi connectivity index (χ3v) is 2.90. The molecule has 1 atom stereocenters. The Hall–Kier alpha value is -1.56. The average molecular weight is 240 g/mol. The van der Waals surface area contributed by atoms with Gasteiger partial charge in [0.2, 0.25) is 0 Å². The van der Waals surface area contributed by atoms with Crippen LogP contribution in [0.25, 0.3) is 0 Å². The van der Waals surface area contributed by atoms with Crippen molar-refractivity contribution in [2.45, 2.75) is 12.8 Å². The lowest BCUT2D eigenvalue weighted by atomic mass is 9.99. The van der Waals surface area contributed by atoms with Crippen molar-refractivity contribution in [3.8, 4) is 0 Å². The maximum atomic E-state index is 10.7. The zero-order valence-corrected chi connectivity index (χ0v) is 9.76. The van der Waals surface area contributed by atoms with Crippen molar-refractivity contribution in [1.82, 2.24) is 4.98 Å². The summed E-state index contributed by atoms with van der Waals surface area (Å²) in [5.41, 5.74) is -0.0473. The molecule has 1 aromatic rings. The van der Waals surface area contributed by atoms with E-state index < -0.39 is 5.97 Å². The molecule has 0 radical (unpaired) electrons. The van der Waals surface area contributed by atoms with E-state index in [1.807, 2.05) is 4.90 Å². The molecule has 1 aliphatic rings. The Kier molecular flexibility index (Phi) is 3.63. The number of hydrogen-bond acceptors (Lipinski definition) is 5. The van der Waals surface area contributed by atoms with Gasteiger partial charge < -0.3 is 19.2 Å². The molecule has 17 heavy (non-hydrogen) atoms. The monoisotopic (exact) mass is 240 g/mol. The first kappa shape index (κ1) is 11.9. The van der Waals surface area contributed by atoms with Crippen molar-refractivity contribution < 1.29 is 19.1 Å². The number of anilines is 1. The topological polar surface area (TPSA) is 75.8 Å². The molecule has 0 saturated carbocycles. The molecule has 2 heterocycles. The maximum absolute atomic E-state index is 10.7. The van der Waals surface area contributed by atoms with Gasteiger partial charge in [0, 0.05) is 20.2 Å². The highest BCUT2D eigenvalue weighted by Crippen LogP contribution is 2.22. The molecule has 0 spiro atoms. The van der Waals surface area contributed by atoms with Crippen LogP contribution in [0.3, 0.4) is 0 Å². The van der Waals surface area contributed by atoms with Gasteiger partial charge in [-0.3, -0.25) is 0 Å². The Morgan fingerprint density at radius 3 is 3.24 bits per heavy atom. The lowest BCUT2D eigenvalue weighted by molar-refractivity contribution is 0.0690. The first-order valence-electron chi connectivity index (χ1n) is 5.63. The summed E-state index contributed by atoms with van der Waals surface area (Å²) in [4.78, 5) is 16.6. The van der Waals surface area contributed by atoms with Crippen LogP contribution in [0.2, 0.25) is 0 Å². The summed E-state index contributed by atoms with van der Waals surface area (Å²) in [6.45, 7) is 2.36. The number of rotatable bonds is 4. The van der Waals surface area contributed by atoms with E-state index >= 15 is 0 Å². The quantitative estimate of drug-likeness (QED) is 0.853. The van der Waals surface area contributed by atoms with Crippen LogP contribution in [-0.4, -0.2) is 42.9 Å². The van der Waals surface area contributed by atoms with Crippen molar-refractivity contribution in [3.05, 3.63) is 12.0 Å². The van der Waals surface area contributed by atoms with E-state index in [9.17, 15) is 4.79 Å². The van der Waals surface area contributed by atoms with Crippen molar-refractivity contribution in [2.75, 3.05) is 31.7 Å². The smallest absolute Gasteiger partial charge is 0.357 e. The van der Waals surface area contributed by atoms with Gasteiger partial charge >= 0.3 is 5.97 Å². The zero-order valence-electron chi connectivity index (χ0n) is 9.76. The first-order chi connectivity index (χ1) is 8.20. The summed E-state index contributed by atoms with van der Waals surface area (Å²) in [5, 5.41) is 8.77. The second-order valence-corrected chi connectivity index (χ2v) is 4.23. The summed E-state index contributed by atoms with van der Waals surface area (Å²) < 4.78 is 10.3. The van der Waals surface area contributed by atoms with Crippen molar-refractivity contribution in [1.29, 1.82) is 0 Å². The Morgan fingerprint density at radius 1 is 1.76 bits per heavy atom. The molecule has 0 amide bonds. The number of piperidine rings is 1. The molecular weight excluding hydrogens is 224 g/mol. The van der Waals surface area contributed by atoms with Gasteiger partial charge in [-0.05, 0) is 18.8 Å². The highest BCUT2D eigenvalue weighted by Gasteiger charge is 2.23. The van der Waals surface area contributed by atoms with E-state index in [0.717, 1.165) is 25.9 Å². The molecule has 2 rings (SSSR count). The van der Waals surface area contributed by atoms with Gasteiger partial charge in [0.15, 0.2) is 5.69 Å². The minimum atomic E-state index is -1.06. The molecular formula is C11H16N2O4. The minimum absolute atomic E-state index is 0.0473. The minimum Gasteiger partial charge on any atom is -0.476 e. The molecule has 0 aromatic carbocycles. The van der Waals surface area contributed by atoms with E-state index in [0.29, 0.717) is 18.5 Å². The number of carbonyl (C=O) groups is 1. The van der Waals surface area contributed by atoms with Gasteiger partial charge in [0.1, 0.15) is 6.26 Å². The highest BCUT2D eigenvalue weighted by atomic mass is 16.5. The third-order valence-electron chi connectivity index (χ3n) is 2.90. The average Bonchev–Trinajstić information content (AvgIpc) is 2.79. The number of aromatic nitrogens is 1. The Morgan fingerprint density at radius 2 is 2.59 bits per heavy atom. The number of methoxy groups -OCH3 is 1. The zero-order chi connectivity index (χ0) is 12.3. The number of oxazole rings is 1. The maximum Gasteiger partial charge on any atom is 0.357 e. The fraction of sp³-hybridized carbons (Fsp3) is 0.636. The number of ether oxygens (including phenoxy) is 1. The van der Waals surface area contributed by atoms with Gasteiger partial charge in [-0.2, -0.15) is 4.98 Å². The van der Waals surface area contributed by atoms with Gasteiger partial charge in [0.05, 0.1) is 6.61 Å². The molecule has 94 valence electrons. The fourth-order valence-electron chi connectivity index (χ4n) is 2.12. The van der Waals surface area contributed by atoms with Crippen LogP contribution in [0.1, 0.15) is 23.3 Å². The van der Waals surface area contributed by atoms with Crippen molar-refractivity contribution >= 4 is 12.0 Å². The van der Waals surface area contributed by atoms with Gasteiger partial charge in [-0.1, -0.05) is 0 Å². The van der Waals surface area contributed by atoms with Gasteiger partial charge in [-0.15, -0.1) is 0 Å². The number of carboxylic acid groups (broad SMARTS) is 1. The molecule has 1 saturated heterocycles. The highest BCUT2D eigenvalue weighted by molar-refractivity contribution is 5.85. The number of aromatic carboxylic acids is 1. The molecule has 1 aliphatic heterocycles. The largest absolute Gasteiger partial charge is 0.476 e. The first-order valence-corrected chi connectivity index (χ1v) is 5.63. The number of hydrogen-bond donors (Lipinski definition) is 1. The van der Waals surface area contributed by atoms with Crippen LogP contribution in [0, 0.1) is 5.92 Å². The molecule has 1 N–H and O–H groups in total. The molecule has 1 aromatic heterocycles. The molecule has 1 fully saturated rings. The van der Waals surface area contributed by atoms with Crippen molar-refractivity contribution in [2.24, 2.45) is 5.92 Å². The second kappa shape index (κ2) is 5.18. The van der Waals surface area contributed by atoms with Crippen LogP contribution in [0.15, 0.2) is 10.7 Å². The normalized spacial score (nSPS) is 20.5. The molecule has 1 unspecified atom stereocenters. The van der Waals surface area contributed by atoms with Crippen molar-refractivity contribution in [3.63, 3.8) is 0 Å². The standard InChI is InChI=1S/C11H16N2O4/c1-16-6-8-3-2-4-13(5-8)11-12-9(7-17-11)10(14)15/h7-8H,2-6H2,1H3,(H,14,15). The molecule has 0 aliphatic carbocycles. The predicted octanol–water partition coefficient (Wildman–Crippen LogP) is 1.24.